The van der Waals surface area contributed by atoms with Crippen LogP contribution in [0.3, 0.4) is 0 Å². The fourth-order valence-electron chi connectivity index (χ4n) is 1.01. The summed E-state index contributed by atoms with van der Waals surface area (Å²) >= 11 is 0. The zero-order valence-electron chi connectivity index (χ0n) is 7.76. The average molecular weight is 159 g/mol. The zero-order valence-corrected chi connectivity index (χ0v) is 7.76. The molecule has 0 aromatic rings. The third-order valence-electron chi connectivity index (χ3n) is 1.66. The maximum Gasteiger partial charge on any atom is 0.251 e. The Balaban J connectivity index is 0.000000461. The molecule has 0 unspecified atom stereocenters. The summed E-state index contributed by atoms with van der Waals surface area (Å²) in [5.74, 6) is 0.109. The Bertz CT molecular complexity index is 125. The number of ether oxygens (including phenoxy) is 1. The van der Waals surface area contributed by atoms with Crippen LogP contribution >= 0.6 is 0 Å². The maximum absolute atomic E-state index is 10.9. The van der Waals surface area contributed by atoms with Crippen LogP contribution in [0.2, 0.25) is 0 Å². The minimum absolute atomic E-state index is 0.109. The van der Waals surface area contributed by atoms with Crippen molar-refractivity contribution in [1.82, 2.24) is 4.90 Å². The Morgan fingerprint density at radius 3 is 2.27 bits per heavy atom. The minimum Gasteiger partial charge on any atom is -0.372 e. The largest absolute Gasteiger partial charge is 0.372 e. The topological polar surface area (TPSA) is 29.5 Å². The Hall–Kier alpha value is -0.570. The van der Waals surface area contributed by atoms with Gasteiger partial charge < -0.3 is 9.64 Å². The van der Waals surface area contributed by atoms with E-state index in [4.69, 9.17) is 4.74 Å². The van der Waals surface area contributed by atoms with Gasteiger partial charge in [0.15, 0.2) is 0 Å². The molecule has 1 fully saturated rings. The van der Waals surface area contributed by atoms with Crippen molar-refractivity contribution < 1.29 is 9.53 Å². The lowest BCUT2D eigenvalue weighted by Gasteiger charge is -2.07. The van der Waals surface area contributed by atoms with Crippen molar-refractivity contribution in [2.75, 3.05) is 20.7 Å². The van der Waals surface area contributed by atoms with Gasteiger partial charge in [-0.15, -0.1) is 0 Å². The summed E-state index contributed by atoms with van der Waals surface area (Å²) in [6, 6.07) is 0. The third kappa shape index (κ3) is 2.50. The highest BCUT2D eigenvalue weighted by Gasteiger charge is 2.28. The second-order valence-electron chi connectivity index (χ2n) is 2.27. The summed E-state index contributed by atoms with van der Waals surface area (Å²) in [5.41, 5.74) is 0. The first-order chi connectivity index (χ1) is 5.25. The smallest absolute Gasteiger partial charge is 0.251 e. The van der Waals surface area contributed by atoms with Crippen LogP contribution in [0.1, 0.15) is 20.3 Å². The van der Waals surface area contributed by atoms with Gasteiger partial charge in [0.1, 0.15) is 6.10 Å². The lowest BCUT2D eigenvalue weighted by Crippen LogP contribution is -2.26. The summed E-state index contributed by atoms with van der Waals surface area (Å²) in [6.07, 6.45) is 0.668. The molecule has 1 saturated heterocycles. The Labute approximate surface area is 68.3 Å². The summed E-state index contributed by atoms with van der Waals surface area (Å²) < 4.78 is 4.90. The number of carbonyl (C=O) groups is 1. The van der Waals surface area contributed by atoms with E-state index < -0.39 is 0 Å². The van der Waals surface area contributed by atoms with E-state index in [1.807, 2.05) is 13.8 Å². The van der Waals surface area contributed by atoms with Crippen molar-refractivity contribution in [3.63, 3.8) is 0 Å². The quantitative estimate of drug-likeness (QED) is 0.568. The lowest BCUT2D eigenvalue weighted by atomic mass is 10.3. The van der Waals surface area contributed by atoms with Gasteiger partial charge in [-0.05, 0) is 0 Å². The Kier molecular flexibility index (Phi) is 4.86. The number of hydrogen-bond donors (Lipinski definition) is 0. The minimum atomic E-state index is -0.171. The van der Waals surface area contributed by atoms with Crippen LogP contribution in [0, 0.1) is 0 Å². The fraction of sp³-hybridized carbons (Fsp3) is 0.875. The average Bonchev–Trinajstić information content (AvgIpc) is 2.37. The molecule has 3 nitrogen and oxygen atoms in total. The molecular formula is C8H17NO2. The monoisotopic (exact) mass is 159 g/mol. The molecule has 0 aromatic carbocycles. The molecule has 0 aromatic heterocycles. The molecule has 1 aliphatic rings. The molecule has 0 spiro atoms. The van der Waals surface area contributed by atoms with E-state index in [0.29, 0.717) is 0 Å². The van der Waals surface area contributed by atoms with E-state index >= 15 is 0 Å². The second kappa shape index (κ2) is 5.13. The molecule has 0 aliphatic carbocycles. The predicted octanol–water partition coefficient (Wildman–Crippen LogP) is 0.890. The van der Waals surface area contributed by atoms with E-state index in [0.717, 1.165) is 13.0 Å². The highest BCUT2D eigenvalue weighted by atomic mass is 16.5. The standard InChI is InChI=1S/C6H11NO2.C2H6/c1-7-4-3-5(9-2)6(7)8;1-2/h5H,3-4H2,1-2H3;1-2H3/t5-;/m1./s1. The van der Waals surface area contributed by atoms with Crippen LogP contribution in [0.5, 0.6) is 0 Å². The van der Waals surface area contributed by atoms with Crippen molar-refractivity contribution in [1.29, 1.82) is 0 Å². The van der Waals surface area contributed by atoms with Gasteiger partial charge in [0.05, 0.1) is 0 Å². The summed E-state index contributed by atoms with van der Waals surface area (Å²) in [7, 11) is 3.36. The van der Waals surface area contributed by atoms with E-state index in [2.05, 4.69) is 0 Å². The number of rotatable bonds is 1. The molecular weight excluding hydrogens is 142 g/mol. The summed E-state index contributed by atoms with van der Waals surface area (Å²) in [5, 5.41) is 0. The molecule has 11 heavy (non-hydrogen) atoms. The predicted molar refractivity (Wildman–Crippen MR) is 44.4 cm³/mol. The number of nitrogens with zero attached hydrogens (tertiary/aromatic N) is 1. The van der Waals surface area contributed by atoms with Gasteiger partial charge in [-0.25, -0.2) is 0 Å². The molecule has 66 valence electrons. The molecule has 0 saturated carbocycles. The van der Waals surface area contributed by atoms with Crippen LogP contribution in [0.4, 0.5) is 0 Å². The highest BCUT2D eigenvalue weighted by Crippen LogP contribution is 2.10. The molecule has 1 amide bonds. The Morgan fingerprint density at radius 2 is 2.09 bits per heavy atom. The summed E-state index contributed by atoms with van der Waals surface area (Å²) in [4.78, 5) is 12.6. The van der Waals surface area contributed by atoms with E-state index in [1.54, 1.807) is 19.1 Å². The van der Waals surface area contributed by atoms with Gasteiger partial charge in [0, 0.05) is 27.1 Å². The van der Waals surface area contributed by atoms with Crippen molar-refractivity contribution in [2.24, 2.45) is 0 Å². The van der Waals surface area contributed by atoms with Gasteiger partial charge in [-0.3, -0.25) is 4.79 Å². The first-order valence-electron chi connectivity index (χ1n) is 4.03. The van der Waals surface area contributed by atoms with Crippen LogP contribution in [0.15, 0.2) is 0 Å². The van der Waals surface area contributed by atoms with Gasteiger partial charge in [-0.2, -0.15) is 0 Å². The molecule has 0 bridgehead atoms. The molecule has 1 atom stereocenters. The molecule has 1 heterocycles. The number of likely N-dealkylation sites (N-methyl/N-ethyl adjacent to an activating group) is 1. The lowest BCUT2D eigenvalue weighted by molar-refractivity contribution is -0.134. The highest BCUT2D eigenvalue weighted by molar-refractivity contribution is 5.82. The van der Waals surface area contributed by atoms with Crippen LogP contribution in [-0.4, -0.2) is 37.6 Å². The fourth-order valence-corrected chi connectivity index (χ4v) is 1.01. The number of likely N-dealkylation sites (tertiary alicyclic amines) is 1. The third-order valence-corrected chi connectivity index (χ3v) is 1.66. The second-order valence-corrected chi connectivity index (χ2v) is 2.27. The number of carbonyl (C=O) groups excluding carboxylic acids is 1. The van der Waals surface area contributed by atoms with Crippen LogP contribution in [0.25, 0.3) is 0 Å². The van der Waals surface area contributed by atoms with Crippen LogP contribution < -0.4 is 0 Å². The molecule has 0 radical (unpaired) electrons. The molecule has 1 rings (SSSR count). The maximum atomic E-state index is 10.9. The molecule has 3 heteroatoms. The van der Waals surface area contributed by atoms with Crippen LogP contribution in [-0.2, 0) is 9.53 Å². The first-order valence-corrected chi connectivity index (χ1v) is 4.03. The number of amides is 1. The van der Waals surface area contributed by atoms with Gasteiger partial charge in [-0.1, -0.05) is 13.8 Å². The Morgan fingerprint density at radius 1 is 1.55 bits per heavy atom. The van der Waals surface area contributed by atoms with Crippen molar-refractivity contribution in [3.05, 3.63) is 0 Å². The normalized spacial score (nSPS) is 23.1. The van der Waals surface area contributed by atoms with Gasteiger partial charge in [0.2, 0.25) is 0 Å². The molecule has 0 N–H and O–H groups in total. The van der Waals surface area contributed by atoms with Gasteiger partial charge in [0.25, 0.3) is 5.91 Å². The summed E-state index contributed by atoms with van der Waals surface area (Å²) in [6.45, 7) is 4.83. The molecule has 1 aliphatic heterocycles. The van der Waals surface area contributed by atoms with E-state index in [1.165, 1.54) is 0 Å². The van der Waals surface area contributed by atoms with E-state index in [9.17, 15) is 4.79 Å². The number of hydrogen-bond acceptors (Lipinski definition) is 2. The first kappa shape index (κ1) is 10.4. The van der Waals surface area contributed by atoms with Gasteiger partial charge >= 0.3 is 0 Å². The van der Waals surface area contributed by atoms with Crippen molar-refractivity contribution >= 4 is 5.91 Å². The van der Waals surface area contributed by atoms with Crippen molar-refractivity contribution in [2.45, 2.75) is 26.4 Å². The van der Waals surface area contributed by atoms with Crippen molar-refractivity contribution in [3.8, 4) is 0 Å². The zero-order chi connectivity index (χ0) is 8.85. The number of methoxy groups -OCH3 is 1. The van der Waals surface area contributed by atoms with E-state index in [-0.39, 0.29) is 12.0 Å². The SMILES string of the molecule is CC.CO[C@@H]1CCN(C)C1=O.